The van der Waals surface area contributed by atoms with Crippen molar-refractivity contribution in [2.75, 3.05) is 6.54 Å². The molecule has 0 saturated carbocycles. The zero-order valence-electron chi connectivity index (χ0n) is 11.4. The summed E-state index contributed by atoms with van der Waals surface area (Å²) in [5.41, 5.74) is 1.51. The van der Waals surface area contributed by atoms with Gasteiger partial charge in [0, 0.05) is 16.1 Å². The number of benzene rings is 1. The average Bonchev–Trinajstić information content (AvgIpc) is 2.88. The van der Waals surface area contributed by atoms with Crippen molar-refractivity contribution in [3.05, 3.63) is 64.3 Å². The van der Waals surface area contributed by atoms with Crippen molar-refractivity contribution >= 4 is 26.9 Å². The predicted octanol–water partition coefficient (Wildman–Crippen LogP) is 4.43. The topological polar surface area (TPSA) is 38.1 Å². The van der Waals surface area contributed by atoms with E-state index < -0.39 is 0 Å². The molecule has 1 N–H and O–H groups in total. The van der Waals surface area contributed by atoms with Gasteiger partial charge in [0.1, 0.15) is 23.2 Å². The maximum absolute atomic E-state index is 13.3. The van der Waals surface area contributed by atoms with Crippen LogP contribution in [0.1, 0.15) is 24.4 Å². The molecule has 0 aliphatic rings. The largest absolute Gasteiger partial charge is 0.459 e. The molecule has 0 bridgehead atoms. The van der Waals surface area contributed by atoms with Gasteiger partial charge in [0.15, 0.2) is 0 Å². The molecule has 1 aromatic carbocycles. The Morgan fingerprint density at radius 1 is 1.33 bits per heavy atom. The Labute approximate surface area is 130 Å². The van der Waals surface area contributed by atoms with Crippen LogP contribution in [0.4, 0.5) is 4.39 Å². The minimum atomic E-state index is -0.270. The molecule has 0 aliphatic heterocycles. The summed E-state index contributed by atoms with van der Waals surface area (Å²) in [5.74, 6) is 0.450. The summed E-state index contributed by atoms with van der Waals surface area (Å²) in [6.45, 7) is 2.78. The first-order chi connectivity index (χ1) is 10.2. The van der Waals surface area contributed by atoms with Crippen LogP contribution in [0.3, 0.4) is 0 Å². The lowest BCUT2D eigenvalue weighted by molar-refractivity contribution is 0.470. The van der Waals surface area contributed by atoms with Gasteiger partial charge in [-0.1, -0.05) is 6.92 Å². The zero-order chi connectivity index (χ0) is 14.8. The molecule has 2 heterocycles. The van der Waals surface area contributed by atoms with E-state index in [1.165, 1.54) is 12.1 Å². The maximum atomic E-state index is 13.3. The lowest BCUT2D eigenvalue weighted by Crippen LogP contribution is -2.22. The average molecular weight is 349 g/mol. The molecule has 1 atom stereocenters. The van der Waals surface area contributed by atoms with Crippen molar-refractivity contribution in [1.82, 2.24) is 10.3 Å². The Morgan fingerprint density at radius 3 is 2.95 bits per heavy atom. The molecule has 3 rings (SSSR count). The first-order valence-corrected chi connectivity index (χ1v) is 7.51. The van der Waals surface area contributed by atoms with Crippen LogP contribution in [-0.2, 0) is 0 Å². The molecular formula is C16H14BrFN2O. The monoisotopic (exact) mass is 348 g/mol. The van der Waals surface area contributed by atoms with Crippen molar-refractivity contribution in [3.63, 3.8) is 0 Å². The van der Waals surface area contributed by atoms with Crippen LogP contribution in [-0.4, -0.2) is 11.5 Å². The number of pyridine rings is 1. The number of nitrogens with zero attached hydrogens (tertiary/aromatic N) is 1. The number of hydrogen-bond donors (Lipinski definition) is 1. The van der Waals surface area contributed by atoms with Gasteiger partial charge in [-0.15, -0.1) is 0 Å². The van der Waals surface area contributed by atoms with Crippen LogP contribution in [0, 0.1) is 5.82 Å². The van der Waals surface area contributed by atoms with E-state index in [2.05, 4.69) is 26.2 Å². The minimum Gasteiger partial charge on any atom is -0.459 e. The van der Waals surface area contributed by atoms with Gasteiger partial charge in [0.25, 0.3) is 0 Å². The maximum Gasteiger partial charge on any atom is 0.134 e. The summed E-state index contributed by atoms with van der Waals surface area (Å²) in [6, 6.07) is 9.99. The lowest BCUT2D eigenvalue weighted by atomic mass is 10.1. The summed E-state index contributed by atoms with van der Waals surface area (Å²) in [6.07, 6.45) is 1.74. The summed E-state index contributed by atoms with van der Waals surface area (Å²) in [7, 11) is 0. The van der Waals surface area contributed by atoms with E-state index in [9.17, 15) is 4.39 Å². The van der Waals surface area contributed by atoms with E-state index in [0.717, 1.165) is 27.9 Å². The van der Waals surface area contributed by atoms with Crippen LogP contribution < -0.4 is 5.32 Å². The fourth-order valence-corrected chi connectivity index (χ4v) is 2.81. The van der Waals surface area contributed by atoms with E-state index >= 15 is 0 Å². The number of aromatic nitrogens is 1. The molecule has 5 heteroatoms. The SMILES string of the molecule is CCNC(c1cc2cc(F)ccc2o1)c1ncccc1Br. The third kappa shape index (κ3) is 2.84. The van der Waals surface area contributed by atoms with E-state index in [4.69, 9.17) is 4.42 Å². The van der Waals surface area contributed by atoms with Crippen LogP contribution in [0.15, 0.2) is 51.5 Å². The predicted molar refractivity (Wildman–Crippen MR) is 83.6 cm³/mol. The van der Waals surface area contributed by atoms with Crippen molar-refractivity contribution < 1.29 is 8.81 Å². The fourth-order valence-electron chi connectivity index (χ4n) is 2.32. The number of furan rings is 1. The van der Waals surface area contributed by atoms with Crippen LogP contribution in [0.2, 0.25) is 0 Å². The van der Waals surface area contributed by atoms with Crippen molar-refractivity contribution in [2.45, 2.75) is 13.0 Å². The molecule has 0 saturated heterocycles. The molecule has 2 aromatic heterocycles. The molecular weight excluding hydrogens is 335 g/mol. The van der Waals surface area contributed by atoms with Crippen molar-refractivity contribution in [1.29, 1.82) is 0 Å². The number of nitrogens with one attached hydrogen (secondary N) is 1. The Hall–Kier alpha value is -1.72. The van der Waals surface area contributed by atoms with E-state index in [-0.39, 0.29) is 11.9 Å². The third-order valence-corrected chi connectivity index (χ3v) is 3.92. The van der Waals surface area contributed by atoms with Gasteiger partial charge < -0.3 is 9.73 Å². The van der Waals surface area contributed by atoms with Gasteiger partial charge in [-0.2, -0.15) is 0 Å². The van der Waals surface area contributed by atoms with Gasteiger partial charge in [0.2, 0.25) is 0 Å². The van der Waals surface area contributed by atoms with Crippen LogP contribution >= 0.6 is 15.9 Å². The zero-order valence-corrected chi connectivity index (χ0v) is 13.0. The molecule has 0 spiro atoms. The molecule has 3 nitrogen and oxygen atoms in total. The van der Waals surface area contributed by atoms with Crippen molar-refractivity contribution in [2.24, 2.45) is 0 Å². The van der Waals surface area contributed by atoms with E-state index in [1.54, 1.807) is 12.3 Å². The van der Waals surface area contributed by atoms with Gasteiger partial charge in [-0.25, -0.2) is 4.39 Å². The highest BCUT2D eigenvalue weighted by Crippen LogP contribution is 2.31. The summed E-state index contributed by atoms with van der Waals surface area (Å²) >= 11 is 3.52. The smallest absolute Gasteiger partial charge is 0.134 e. The summed E-state index contributed by atoms with van der Waals surface area (Å²) < 4.78 is 20.1. The summed E-state index contributed by atoms with van der Waals surface area (Å²) in [4.78, 5) is 4.42. The number of hydrogen-bond acceptors (Lipinski definition) is 3. The van der Waals surface area contributed by atoms with Gasteiger partial charge in [0.05, 0.1) is 5.69 Å². The second kappa shape index (κ2) is 5.95. The molecule has 3 aromatic rings. The summed E-state index contributed by atoms with van der Waals surface area (Å²) in [5, 5.41) is 4.10. The van der Waals surface area contributed by atoms with Gasteiger partial charge >= 0.3 is 0 Å². The molecule has 108 valence electrons. The number of rotatable bonds is 4. The molecule has 0 amide bonds. The standard InChI is InChI=1S/C16H14BrFN2O/c1-2-19-16(15-12(17)4-3-7-20-15)14-9-10-8-11(18)5-6-13(10)21-14/h3-9,16,19H,2H2,1H3. The van der Waals surface area contributed by atoms with E-state index in [1.807, 2.05) is 25.1 Å². The Bertz CT molecular complexity index is 772. The van der Waals surface area contributed by atoms with Crippen LogP contribution in [0.5, 0.6) is 0 Å². The second-order valence-electron chi connectivity index (χ2n) is 4.69. The van der Waals surface area contributed by atoms with Crippen molar-refractivity contribution in [3.8, 4) is 0 Å². The highest BCUT2D eigenvalue weighted by atomic mass is 79.9. The number of fused-ring (bicyclic) bond motifs is 1. The first kappa shape index (κ1) is 14.2. The Balaban J connectivity index is 2.09. The minimum absolute atomic E-state index is 0.180. The first-order valence-electron chi connectivity index (χ1n) is 6.72. The number of halogens is 2. The highest BCUT2D eigenvalue weighted by Gasteiger charge is 2.21. The van der Waals surface area contributed by atoms with Gasteiger partial charge in [-0.3, -0.25) is 4.98 Å². The second-order valence-corrected chi connectivity index (χ2v) is 5.55. The Morgan fingerprint density at radius 2 is 2.19 bits per heavy atom. The lowest BCUT2D eigenvalue weighted by Gasteiger charge is -2.16. The highest BCUT2D eigenvalue weighted by molar-refractivity contribution is 9.10. The normalized spacial score (nSPS) is 12.7. The Kier molecular flexibility index (Phi) is 4.03. The molecule has 21 heavy (non-hydrogen) atoms. The molecule has 0 aliphatic carbocycles. The van der Waals surface area contributed by atoms with Gasteiger partial charge in [-0.05, 0) is 58.9 Å². The molecule has 1 unspecified atom stereocenters. The molecule has 0 radical (unpaired) electrons. The van der Waals surface area contributed by atoms with Crippen LogP contribution in [0.25, 0.3) is 11.0 Å². The fraction of sp³-hybridized carbons (Fsp3) is 0.188. The quantitative estimate of drug-likeness (QED) is 0.757. The molecule has 0 fully saturated rings. The third-order valence-electron chi connectivity index (χ3n) is 3.25. The van der Waals surface area contributed by atoms with E-state index in [0.29, 0.717) is 5.58 Å².